The van der Waals surface area contributed by atoms with Crippen LogP contribution in [0.4, 0.5) is 9.18 Å². The third kappa shape index (κ3) is 6.40. The molecule has 2 saturated carbocycles. The fraction of sp³-hybridized carbons (Fsp3) is 0.793. The largest absolute Gasteiger partial charge is 0.465 e. The van der Waals surface area contributed by atoms with Crippen molar-refractivity contribution in [2.45, 2.75) is 114 Å². The molecule has 2 aliphatic carbocycles. The molecule has 0 bridgehead atoms. The number of sulfonamides is 1. The quantitative estimate of drug-likeness (QED) is 0.334. The number of hydrogen-bond donors (Lipinski definition) is 4. The Labute approximate surface area is 252 Å². The monoisotopic (exact) mass is 628 g/mol. The highest BCUT2D eigenvalue weighted by Crippen LogP contribution is 2.48. The zero-order chi connectivity index (χ0) is 32.1. The lowest BCUT2D eigenvalue weighted by Gasteiger charge is -2.43. The van der Waals surface area contributed by atoms with Crippen molar-refractivity contribution in [3.05, 3.63) is 12.2 Å². The molecule has 1 unspecified atom stereocenters. The number of nitrogens with one attached hydrogen (secondary N) is 2. The fourth-order valence-electron chi connectivity index (χ4n) is 6.65. The number of aliphatic hydroxyl groups excluding tert-OH is 1. The van der Waals surface area contributed by atoms with E-state index < -0.39 is 86.4 Å². The molecule has 4 aliphatic rings. The number of amides is 4. The van der Waals surface area contributed by atoms with E-state index in [2.05, 4.69) is 5.32 Å². The molecule has 7 atom stereocenters. The van der Waals surface area contributed by atoms with E-state index in [9.17, 15) is 42.2 Å². The van der Waals surface area contributed by atoms with Gasteiger partial charge in [0.25, 0.3) is 5.91 Å². The topological polar surface area (TPSA) is 173 Å². The first kappa shape index (κ1) is 33.2. The lowest BCUT2D eigenvalue weighted by Crippen LogP contribution is -2.62. The van der Waals surface area contributed by atoms with E-state index in [1.165, 1.54) is 4.90 Å². The van der Waals surface area contributed by atoms with Gasteiger partial charge in [0.1, 0.15) is 29.0 Å². The first-order valence-corrected chi connectivity index (χ1v) is 16.5. The van der Waals surface area contributed by atoms with E-state index in [-0.39, 0.29) is 38.1 Å². The van der Waals surface area contributed by atoms with Gasteiger partial charge in [-0.15, -0.1) is 0 Å². The number of rotatable bonds is 5. The molecule has 0 spiro atoms. The minimum atomic E-state index is -4.35. The van der Waals surface area contributed by atoms with E-state index >= 15 is 0 Å². The predicted octanol–water partition coefficient (Wildman–Crippen LogP) is 1.93. The van der Waals surface area contributed by atoms with E-state index in [1.54, 1.807) is 26.8 Å². The van der Waals surface area contributed by atoms with Gasteiger partial charge in [-0.25, -0.2) is 17.6 Å². The SMILES string of the molecule is CC1CCC=C[C@@H]2C[C@@]2(C(=O)NS(=O)(=O)C2(CF)CC2)NC(=O)[C@@H]2C[C@@H](O)CN2C(=O)[C@@H](N(C(=O)O)C(C)(C)C)[C@H](C)C1. The van der Waals surface area contributed by atoms with Crippen LogP contribution in [0.25, 0.3) is 0 Å². The van der Waals surface area contributed by atoms with Gasteiger partial charge in [-0.05, 0) is 71.1 Å². The maximum absolute atomic E-state index is 14.2. The van der Waals surface area contributed by atoms with E-state index in [4.69, 9.17) is 0 Å². The van der Waals surface area contributed by atoms with Crippen LogP contribution >= 0.6 is 0 Å². The summed E-state index contributed by atoms with van der Waals surface area (Å²) in [5.41, 5.74) is -2.59. The van der Waals surface area contributed by atoms with Gasteiger partial charge in [0.05, 0.1) is 6.10 Å². The Kier molecular flexibility index (Phi) is 8.98. The van der Waals surface area contributed by atoms with E-state index in [0.717, 1.165) is 4.90 Å². The molecule has 0 radical (unpaired) electrons. The molecule has 0 aromatic heterocycles. The Morgan fingerprint density at radius 3 is 2.42 bits per heavy atom. The van der Waals surface area contributed by atoms with Gasteiger partial charge >= 0.3 is 6.09 Å². The van der Waals surface area contributed by atoms with Crippen molar-refractivity contribution < 1.29 is 42.2 Å². The van der Waals surface area contributed by atoms with Crippen molar-refractivity contribution >= 4 is 33.8 Å². The third-order valence-corrected chi connectivity index (χ3v) is 11.6. The van der Waals surface area contributed by atoms with Crippen molar-refractivity contribution in [2.24, 2.45) is 17.8 Å². The van der Waals surface area contributed by atoms with Gasteiger partial charge in [-0.3, -0.25) is 24.0 Å². The Morgan fingerprint density at radius 1 is 1.21 bits per heavy atom. The molecular weight excluding hydrogens is 583 g/mol. The zero-order valence-electron chi connectivity index (χ0n) is 25.5. The van der Waals surface area contributed by atoms with Crippen LogP contribution in [0.15, 0.2) is 12.2 Å². The average molecular weight is 629 g/mol. The molecule has 1 saturated heterocycles. The molecule has 4 rings (SSSR count). The van der Waals surface area contributed by atoms with Gasteiger partial charge < -0.3 is 20.4 Å². The van der Waals surface area contributed by atoms with Crippen LogP contribution in [-0.2, 0) is 24.4 Å². The number of carboxylic acid groups (broad SMARTS) is 1. The molecule has 2 aliphatic heterocycles. The lowest BCUT2D eigenvalue weighted by molar-refractivity contribution is -0.146. The van der Waals surface area contributed by atoms with E-state index in [1.807, 2.05) is 24.6 Å². The van der Waals surface area contributed by atoms with Crippen LogP contribution in [0, 0.1) is 17.8 Å². The van der Waals surface area contributed by atoms with Gasteiger partial charge in [0.2, 0.25) is 21.8 Å². The van der Waals surface area contributed by atoms with Gasteiger partial charge in [-0.1, -0.05) is 26.0 Å². The average Bonchev–Trinajstić information content (AvgIpc) is 3.79. The minimum Gasteiger partial charge on any atom is -0.465 e. The minimum absolute atomic E-state index is 0.0888. The van der Waals surface area contributed by atoms with Gasteiger partial charge in [0, 0.05) is 24.4 Å². The Hall–Kier alpha value is -2.74. The second-order valence-corrected chi connectivity index (χ2v) is 16.1. The predicted molar refractivity (Wildman–Crippen MR) is 155 cm³/mol. The molecular formula is C29H45FN4O8S. The summed E-state index contributed by atoms with van der Waals surface area (Å²) in [6.45, 7) is 7.55. The summed E-state index contributed by atoms with van der Waals surface area (Å²) >= 11 is 0. The number of halogens is 1. The van der Waals surface area contributed by atoms with E-state index in [0.29, 0.717) is 19.3 Å². The van der Waals surface area contributed by atoms with Crippen molar-refractivity contribution in [3.63, 3.8) is 0 Å². The highest BCUT2D eigenvalue weighted by molar-refractivity contribution is 7.91. The molecule has 4 N–H and O–H groups in total. The second-order valence-electron chi connectivity index (χ2n) is 14.0. The summed E-state index contributed by atoms with van der Waals surface area (Å²) in [7, 11) is -4.35. The number of alkyl halides is 1. The van der Waals surface area contributed by atoms with Crippen molar-refractivity contribution in [3.8, 4) is 0 Å². The summed E-state index contributed by atoms with van der Waals surface area (Å²) < 4.78 is 39.7. The summed E-state index contributed by atoms with van der Waals surface area (Å²) in [6, 6.07) is -2.37. The molecule has 12 nitrogen and oxygen atoms in total. The number of aliphatic hydroxyl groups is 1. The molecule has 3 fully saturated rings. The highest BCUT2D eigenvalue weighted by Gasteiger charge is 2.64. The number of nitrogens with zero attached hydrogens (tertiary/aromatic N) is 2. The molecule has 4 amide bonds. The molecule has 2 heterocycles. The lowest BCUT2D eigenvalue weighted by atomic mass is 9.85. The second kappa shape index (κ2) is 11.6. The van der Waals surface area contributed by atoms with Crippen LogP contribution in [-0.4, -0.2) is 99.5 Å². The van der Waals surface area contributed by atoms with Crippen molar-refractivity contribution in [2.75, 3.05) is 13.2 Å². The Bertz CT molecular complexity index is 1280. The molecule has 242 valence electrons. The number of carbonyl (C=O) groups excluding carboxylic acids is 3. The fourth-order valence-corrected chi connectivity index (χ4v) is 8.08. The van der Waals surface area contributed by atoms with Crippen LogP contribution < -0.4 is 10.0 Å². The summed E-state index contributed by atoms with van der Waals surface area (Å²) in [4.78, 5) is 56.3. The normalized spacial score (nSPS) is 34.6. The number of allylic oxidation sites excluding steroid dienone is 1. The molecule has 43 heavy (non-hydrogen) atoms. The standard InChI is InChI=1S/C29H45FN4O8S/c1-17-8-6-7-9-19-14-29(19,25(38)32-43(41,42)28(16-30)10-11-28)31-23(36)21-13-20(35)15-33(21)24(37)22(18(2)12-17)34(26(39)40)27(3,4)5/h7,9,17-22,35H,6,8,10-16H2,1-5H3,(H,31,36)(H,32,38)(H,39,40)/t17?,18-,19-,20-,21+,22+,29-/m1/s1. The first-order valence-electron chi connectivity index (χ1n) is 15.0. The number of fused-ring (bicyclic) bond motifs is 2. The molecule has 0 aromatic carbocycles. The highest BCUT2D eigenvalue weighted by atomic mass is 32.2. The third-order valence-electron chi connectivity index (χ3n) is 9.45. The smallest absolute Gasteiger partial charge is 0.408 e. The van der Waals surface area contributed by atoms with Crippen LogP contribution in [0.1, 0.15) is 79.6 Å². The van der Waals surface area contributed by atoms with Crippen LogP contribution in [0.3, 0.4) is 0 Å². The maximum Gasteiger partial charge on any atom is 0.408 e. The molecule has 0 aromatic rings. The molecule has 14 heteroatoms. The van der Waals surface area contributed by atoms with Crippen molar-refractivity contribution in [1.82, 2.24) is 19.8 Å². The Morgan fingerprint density at radius 2 is 1.86 bits per heavy atom. The van der Waals surface area contributed by atoms with Gasteiger partial charge in [0.15, 0.2) is 0 Å². The summed E-state index contributed by atoms with van der Waals surface area (Å²) in [5, 5.41) is 23.5. The maximum atomic E-state index is 14.2. The van der Waals surface area contributed by atoms with Crippen molar-refractivity contribution in [1.29, 1.82) is 0 Å². The van der Waals surface area contributed by atoms with Gasteiger partial charge in [-0.2, -0.15) is 0 Å². The van der Waals surface area contributed by atoms with Crippen LogP contribution in [0.2, 0.25) is 0 Å². The number of carbonyl (C=O) groups is 4. The zero-order valence-corrected chi connectivity index (χ0v) is 26.3. The first-order chi connectivity index (χ1) is 19.9. The summed E-state index contributed by atoms with van der Waals surface area (Å²) in [5.74, 6) is -3.20. The Balaban J connectivity index is 1.70. The van der Waals surface area contributed by atoms with Crippen LogP contribution in [0.5, 0.6) is 0 Å². The summed E-state index contributed by atoms with van der Waals surface area (Å²) in [6.07, 6.45) is 3.28. The number of hydrogen-bond acceptors (Lipinski definition) is 7.